The number of hydrogen-bond acceptors (Lipinski definition) is 0. The third-order valence-corrected chi connectivity index (χ3v) is 4.79. The van der Waals surface area contributed by atoms with Crippen molar-refractivity contribution >= 4 is 34.8 Å². The molecule has 0 aliphatic heterocycles. The fraction of sp³-hybridized carbons (Fsp3) is 0.250. The molecule has 5 heteroatoms. The molecule has 2 aromatic carbocycles. The standard InChI is InChI=1S/C16H13Cl3F2/c17-9-16(10-18,12-2-1-3-13(20)7-12)8-11-4-5-15(21)14(19)6-11/h1-7H,8-10H2. The first-order chi connectivity index (χ1) is 10.0. The topological polar surface area (TPSA) is 0 Å². The Labute approximate surface area is 137 Å². The molecule has 112 valence electrons. The molecule has 2 aromatic rings. The van der Waals surface area contributed by atoms with Crippen molar-refractivity contribution in [2.24, 2.45) is 0 Å². The van der Waals surface area contributed by atoms with Gasteiger partial charge in [-0.05, 0) is 41.8 Å². The molecular formula is C16H13Cl3F2. The Morgan fingerprint density at radius 1 is 0.952 bits per heavy atom. The highest BCUT2D eigenvalue weighted by molar-refractivity contribution is 6.30. The van der Waals surface area contributed by atoms with E-state index in [4.69, 9.17) is 34.8 Å². The monoisotopic (exact) mass is 348 g/mol. The quantitative estimate of drug-likeness (QED) is 0.618. The predicted octanol–water partition coefficient (Wildman–Crippen LogP) is 5.58. The van der Waals surface area contributed by atoms with Gasteiger partial charge in [0, 0.05) is 17.2 Å². The highest BCUT2D eigenvalue weighted by atomic mass is 35.5. The number of alkyl halides is 2. The highest BCUT2D eigenvalue weighted by Crippen LogP contribution is 2.33. The minimum Gasteiger partial charge on any atom is -0.207 e. The summed E-state index contributed by atoms with van der Waals surface area (Å²) in [7, 11) is 0. The van der Waals surface area contributed by atoms with E-state index in [0.717, 1.165) is 5.56 Å². The van der Waals surface area contributed by atoms with Crippen LogP contribution in [0.2, 0.25) is 5.02 Å². The maximum absolute atomic E-state index is 13.5. The van der Waals surface area contributed by atoms with E-state index in [9.17, 15) is 8.78 Å². The van der Waals surface area contributed by atoms with Gasteiger partial charge >= 0.3 is 0 Å². The second-order valence-corrected chi connectivity index (χ2v) is 5.92. The van der Waals surface area contributed by atoms with E-state index in [2.05, 4.69) is 0 Å². The van der Waals surface area contributed by atoms with E-state index in [0.29, 0.717) is 12.0 Å². The van der Waals surface area contributed by atoms with E-state index in [1.54, 1.807) is 24.3 Å². The highest BCUT2D eigenvalue weighted by Gasteiger charge is 2.31. The minimum atomic E-state index is -0.633. The van der Waals surface area contributed by atoms with Crippen LogP contribution in [0.4, 0.5) is 8.78 Å². The molecule has 21 heavy (non-hydrogen) atoms. The van der Waals surface area contributed by atoms with Crippen molar-refractivity contribution in [1.29, 1.82) is 0 Å². The molecule has 0 aliphatic carbocycles. The lowest BCUT2D eigenvalue weighted by Gasteiger charge is -2.30. The molecule has 0 bridgehead atoms. The van der Waals surface area contributed by atoms with Crippen LogP contribution in [0.1, 0.15) is 11.1 Å². The van der Waals surface area contributed by atoms with Gasteiger partial charge in [0.15, 0.2) is 0 Å². The molecule has 0 atom stereocenters. The number of rotatable bonds is 5. The fourth-order valence-corrected chi connectivity index (χ4v) is 3.23. The van der Waals surface area contributed by atoms with E-state index >= 15 is 0 Å². The first-order valence-electron chi connectivity index (χ1n) is 6.33. The second-order valence-electron chi connectivity index (χ2n) is 4.98. The summed E-state index contributed by atoms with van der Waals surface area (Å²) in [6.45, 7) is 0. The van der Waals surface area contributed by atoms with Crippen LogP contribution >= 0.6 is 34.8 Å². The Morgan fingerprint density at radius 2 is 1.67 bits per heavy atom. The molecule has 0 radical (unpaired) electrons. The Hall–Kier alpha value is -0.830. The lowest BCUT2D eigenvalue weighted by atomic mass is 9.78. The Balaban J connectivity index is 2.40. The molecule has 0 unspecified atom stereocenters. The number of halogens is 5. The molecule has 0 amide bonds. The zero-order chi connectivity index (χ0) is 15.5. The summed E-state index contributed by atoms with van der Waals surface area (Å²) in [6, 6.07) is 10.7. The van der Waals surface area contributed by atoms with Gasteiger partial charge in [-0.3, -0.25) is 0 Å². The van der Waals surface area contributed by atoms with Crippen LogP contribution in [0.25, 0.3) is 0 Å². The van der Waals surface area contributed by atoms with Gasteiger partial charge in [-0.15, -0.1) is 23.2 Å². The smallest absolute Gasteiger partial charge is 0.141 e. The molecule has 0 heterocycles. The van der Waals surface area contributed by atoms with Crippen LogP contribution in [-0.2, 0) is 11.8 Å². The Bertz CT molecular complexity index is 625. The van der Waals surface area contributed by atoms with E-state index in [1.807, 2.05) is 0 Å². The van der Waals surface area contributed by atoms with Gasteiger partial charge < -0.3 is 0 Å². The first kappa shape index (κ1) is 16.5. The van der Waals surface area contributed by atoms with Crippen LogP contribution in [-0.4, -0.2) is 11.8 Å². The zero-order valence-electron chi connectivity index (χ0n) is 11.1. The van der Waals surface area contributed by atoms with Crippen molar-refractivity contribution in [2.45, 2.75) is 11.8 Å². The summed E-state index contributed by atoms with van der Waals surface area (Å²) in [4.78, 5) is 0. The summed E-state index contributed by atoms with van der Waals surface area (Å²) in [5.74, 6) is -0.387. The molecule has 0 nitrogen and oxygen atoms in total. The molecule has 0 aliphatic rings. The molecule has 0 saturated heterocycles. The van der Waals surface area contributed by atoms with Crippen LogP contribution in [0.5, 0.6) is 0 Å². The van der Waals surface area contributed by atoms with E-state index in [-0.39, 0.29) is 22.6 Å². The molecule has 0 aromatic heterocycles. The average Bonchev–Trinajstić information content (AvgIpc) is 2.48. The van der Waals surface area contributed by atoms with Crippen LogP contribution in [0.3, 0.4) is 0 Å². The maximum Gasteiger partial charge on any atom is 0.141 e. The van der Waals surface area contributed by atoms with Gasteiger partial charge in [-0.1, -0.05) is 29.8 Å². The molecular weight excluding hydrogens is 337 g/mol. The third-order valence-electron chi connectivity index (χ3n) is 3.48. The van der Waals surface area contributed by atoms with Crippen molar-refractivity contribution in [3.05, 3.63) is 70.2 Å². The van der Waals surface area contributed by atoms with Crippen molar-refractivity contribution < 1.29 is 8.78 Å². The van der Waals surface area contributed by atoms with Crippen molar-refractivity contribution in [2.75, 3.05) is 11.8 Å². The van der Waals surface area contributed by atoms with Crippen molar-refractivity contribution in [3.63, 3.8) is 0 Å². The summed E-state index contributed by atoms with van der Waals surface area (Å²) in [5.41, 5.74) is 0.881. The second kappa shape index (κ2) is 6.95. The molecule has 0 spiro atoms. The summed E-state index contributed by atoms with van der Waals surface area (Å²) >= 11 is 18.0. The van der Waals surface area contributed by atoms with E-state index in [1.165, 1.54) is 18.2 Å². The minimum absolute atomic E-state index is 0.0461. The zero-order valence-corrected chi connectivity index (χ0v) is 13.3. The van der Waals surface area contributed by atoms with Crippen LogP contribution in [0, 0.1) is 11.6 Å². The van der Waals surface area contributed by atoms with Crippen molar-refractivity contribution in [1.82, 2.24) is 0 Å². The van der Waals surface area contributed by atoms with Gasteiger partial charge in [0.2, 0.25) is 0 Å². The Kier molecular flexibility index (Phi) is 5.48. The van der Waals surface area contributed by atoms with Gasteiger partial charge in [-0.2, -0.15) is 0 Å². The summed E-state index contributed by atoms with van der Waals surface area (Å²) in [6.07, 6.45) is 0.448. The molecule has 2 rings (SSSR count). The van der Waals surface area contributed by atoms with Crippen molar-refractivity contribution in [3.8, 4) is 0 Å². The lowest BCUT2D eigenvalue weighted by molar-refractivity contribution is 0.527. The third kappa shape index (κ3) is 3.68. The molecule has 0 saturated carbocycles. The van der Waals surface area contributed by atoms with Gasteiger partial charge in [-0.25, -0.2) is 8.78 Å². The largest absolute Gasteiger partial charge is 0.207 e. The van der Waals surface area contributed by atoms with Gasteiger partial charge in [0.25, 0.3) is 0 Å². The Morgan fingerprint density at radius 3 is 2.24 bits per heavy atom. The average molecular weight is 350 g/mol. The predicted molar refractivity (Wildman–Crippen MR) is 84.6 cm³/mol. The summed E-state index contributed by atoms with van der Waals surface area (Å²) in [5, 5.41) is 0.0461. The van der Waals surface area contributed by atoms with Gasteiger partial charge in [0.1, 0.15) is 11.6 Å². The fourth-order valence-electron chi connectivity index (χ4n) is 2.25. The SMILES string of the molecule is Fc1cccc(C(CCl)(CCl)Cc2ccc(F)c(Cl)c2)c1. The van der Waals surface area contributed by atoms with Gasteiger partial charge in [0.05, 0.1) is 5.02 Å². The normalized spacial score (nSPS) is 11.7. The first-order valence-corrected chi connectivity index (χ1v) is 7.77. The molecule has 0 fully saturated rings. The van der Waals surface area contributed by atoms with Crippen LogP contribution < -0.4 is 0 Å². The summed E-state index contributed by atoms with van der Waals surface area (Å²) < 4.78 is 26.7. The molecule has 0 N–H and O–H groups in total. The number of benzene rings is 2. The van der Waals surface area contributed by atoms with E-state index < -0.39 is 11.2 Å². The lowest BCUT2D eigenvalue weighted by Crippen LogP contribution is -2.33. The van der Waals surface area contributed by atoms with Crippen LogP contribution in [0.15, 0.2) is 42.5 Å². The maximum atomic E-state index is 13.5. The number of hydrogen-bond donors (Lipinski definition) is 0.